The first-order valence-corrected chi connectivity index (χ1v) is 15.8. The fraction of sp³-hybridized carbons (Fsp3) is 0.119. The summed E-state index contributed by atoms with van der Waals surface area (Å²) in [6.45, 7) is 1.03. The van der Waals surface area contributed by atoms with Gasteiger partial charge in [-0.3, -0.25) is 4.79 Å². The summed E-state index contributed by atoms with van der Waals surface area (Å²) < 4.78 is 23.9. The van der Waals surface area contributed by atoms with Gasteiger partial charge in [0.1, 0.15) is 48.9 Å². The maximum absolute atomic E-state index is 13.2. The Morgan fingerprint density at radius 1 is 0.500 bits per heavy atom. The Morgan fingerprint density at radius 2 is 0.938 bits per heavy atom. The van der Waals surface area contributed by atoms with Crippen molar-refractivity contribution in [2.24, 2.45) is 0 Å². The minimum absolute atomic E-state index is 0.208. The van der Waals surface area contributed by atoms with E-state index in [9.17, 15) is 9.90 Å². The highest BCUT2D eigenvalue weighted by atomic mass is 16.5. The van der Waals surface area contributed by atoms with Crippen LogP contribution in [0, 0.1) is 0 Å². The minimum atomic E-state index is -1.01. The Balaban J connectivity index is 1.14. The third-order valence-corrected chi connectivity index (χ3v) is 7.76. The molecule has 0 saturated heterocycles. The number of hydrogen-bond acceptors (Lipinski definition) is 6. The van der Waals surface area contributed by atoms with E-state index in [-0.39, 0.29) is 12.4 Å². The van der Waals surface area contributed by atoms with Crippen LogP contribution in [0.5, 0.6) is 23.0 Å². The number of aliphatic hydroxyl groups is 1. The molecule has 0 aliphatic rings. The predicted molar refractivity (Wildman–Crippen MR) is 186 cm³/mol. The van der Waals surface area contributed by atoms with E-state index in [4.69, 9.17) is 18.9 Å². The number of Topliss-reactive ketones (excluding diaryl/α,β-unsaturated/α-hetero) is 1. The Hall–Kier alpha value is -5.85. The van der Waals surface area contributed by atoms with Crippen LogP contribution in [0.2, 0.25) is 0 Å². The van der Waals surface area contributed by atoms with Crippen LogP contribution in [0.25, 0.3) is 0 Å². The normalized spacial score (nSPS) is 11.4. The average Bonchev–Trinajstić information content (AvgIpc) is 3.16. The molecule has 0 spiro atoms. The van der Waals surface area contributed by atoms with Gasteiger partial charge in [0.2, 0.25) is 0 Å². The largest absolute Gasteiger partial charge is 0.489 e. The van der Waals surface area contributed by atoms with Crippen molar-refractivity contribution in [3.05, 3.63) is 191 Å². The van der Waals surface area contributed by atoms with Crippen LogP contribution < -0.4 is 18.9 Å². The summed E-state index contributed by atoms with van der Waals surface area (Å²) in [5, 5.41) is 11.5. The van der Waals surface area contributed by atoms with E-state index in [1.54, 1.807) is 42.5 Å². The molecule has 0 aliphatic heterocycles. The zero-order chi connectivity index (χ0) is 33.0. The van der Waals surface area contributed by atoms with Gasteiger partial charge in [-0.15, -0.1) is 0 Å². The molecule has 1 N–H and O–H groups in total. The van der Waals surface area contributed by atoms with Gasteiger partial charge in [-0.05, 0) is 70.8 Å². The van der Waals surface area contributed by atoms with Crippen LogP contribution in [0.15, 0.2) is 158 Å². The number of ether oxygens (including phenoxy) is 4. The first-order chi connectivity index (χ1) is 23.6. The van der Waals surface area contributed by atoms with Crippen LogP contribution in [0.3, 0.4) is 0 Å². The number of carbonyl (C=O) groups excluding carboxylic acids is 1. The summed E-state index contributed by atoms with van der Waals surface area (Å²) in [6, 6.07) is 49.2. The molecule has 48 heavy (non-hydrogen) atoms. The summed E-state index contributed by atoms with van der Waals surface area (Å²) in [5.41, 5.74) is 4.81. The molecular formula is C42H36O6. The van der Waals surface area contributed by atoms with Crippen LogP contribution in [0.4, 0.5) is 0 Å². The zero-order valence-corrected chi connectivity index (χ0v) is 26.4. The first kappa shape index (κ1) is 32.1. The monoisotopic (exact) mass is 636 g/mol. The Morgan fingerprint density at radius 3 is 1.44 bits per heavy atom. The van der Waals surface area contributed by atoms with Crippen molar-refractivity contribution in [1.29, 1.82) is 0 Å². The minimum Gasteiger partial charge on any atom is -0.489 e. The van der Waals surface area contributed by atoms with E-state index >= 15 is 0 Å². The van der Waals surface area contributed by atoms with Crippen molar-refractivity contribution in [2.45, 2.75) is 25.9 Å². The van der Waals surface area contributed by atoms with Gasteiger partial charge >= 0.3 is 0 Å². The molecule has 240 valence electrons. The van der Waals surface area contributed by atoms with Crippen molar-refractivity contribution >= 4 is 5.78 Å². The highest BCUT2D eigenvalue weighted by Gasteiger charge is 2.19. The van der Waals surface area contributed by atoms with Gasteiger partial charge in [0.25, 0.3) is 0 Å². The third-order valence-electron chi connectivity index (χ3n) is 7.76. The van der Waals surface area contributed by atoms with Gasteiger partial charge in [0.15, 0.2) is 12.4 Å². The molecule has 1 atom stereocenters. The number of ketones is 1. The molecule has 6 rings (SSSR count). The smallest absolute Gasteiger partial charge is 0.200 e. The Bertz CT molecular complexity index is 1870. The summed E-state index contributed by atoms with van der Waals surface area (Å²) >= 11 is 0. The predicted octanol–water partition coefficient (Wildman–Crippen LogP) is 8.77. The Kier molecular flexibility index (Phi) is 10.8. The first-order valence-electron chi connectivity index (χ1n) is 15.8. The lowest BCUT2D eigenvalue weighted by Gasteiger charge is -2.18. The van der Waals surface area contributed by atoms with E-state index in [0.29, 0.717) is 59.5 Å². The molecule has 6 heteroatoms. The van der Waals surface area contributed by atoms with Gasteiger partial charge in [0, 0.05) is 17.2 Å². The van der Waals surface area contributed by atoms with Gasteiger partial charge in [0.05, 0.1) is 0 Å². The van der Waals surface area contributed by atoms with Crippen molar-refractivity contribution in [3.63, 3.8) is 0 Å². The number of rotatable bonds is 15. The highest BCUT2D eigenvalue weighted by molar-refractivity contribution is 5.97. The molecule has 0 fully saturated rings. The SMILES string of the molecule is O=C(COc1cc(OCc2ccccc2)ccc1C(O)c1ccc(OCc2ccccc2)cc1)c1ccc(OCc2ccccc2)cc1. The van der Waals surface area contributed by atoms with E-state index < -0.39 is 6.10 Å². The van der Waals surface area contributed by atoms with Crippen molar-refractivity contribution < 1.29 is 28.8 Å². The maximum Gasteiger partial charge on any atom is 0.200 e. The van der Waals surface area contributed by atoms with Gasteiger partial charge in [-0.25, -0.2) is 0 Å². The topological polar surface area (TPSA) is 74.2 Å². The summed E-state index contributed by atoms with van der Waals surface area (Å²) in [5.74, 6) is 2.07. The molecule has 0 aromatic heterocycles. The summed E-state index contributed by atoms with van der Waals surface area (Å²) in [7, 11) is 0. The van der Waals surface area contributed by atoms with E-state index in [1.165, 1.54) is 0 Å². The molecule has 0 amide bonds. The molecule has 6 aromatic rings. The lowest BCUT2D eigenvalue weighted by molar-refractivity contribution is 0.0917. The second-order valence-corrected chi connectivity index (χ2v) is 11.2. The fourth-order valence-electron chi connectivity index (χ4n) is 5.07. The summed E-state index contributed by atoms with van der Waals surface area (Å²) in [4.78, 5) is 13.2. The molecule has 0 aliphatic carbocycles. The molecule has 0 bridgehead atoms. The average molecular weight is 637 g/mol. The quantitative estimate of drug-likeness (QED) is 0.114. The lowest BCUT2D eigenvalue weighted by Crippen LogP contribution is -2.13. The molecular weight excluding hydrogens is 600 g/mol. The molecule has 0 heterocycles. The van der Waals surface area contributed by atoms with E-state index in [2.05, 4.69) is 0 Å². The maximum atomic E-state index is 13.2. The molecule has 0 saturated carbocycles. The molecule has 0 radical (unpaired) electrons. The second kappa shape index (κ2) is 16.1. The fourth-order valence-corrected chi connectivity index (χ4v) is 5.07. The number of benzene rings is 6. The van der Waals surface area contributed by atoms with Crippen LogP contribution in [0.1, 0.15) is 44.3 Å². The van der Waals surface area contributed by atoms with Crippen molar-refractivity contribution in [3.8, 4) is 23.0 Å². The third kappa shape index (κ3) is 8.90. The number of aliphatic hydroxyl groups excluding tert-OH is 1. The van der Waals surface area contributed by atoms with Gasteiger partial charge in [-0.2, -0.15) is 0 Å². The van der Waals surface area contributed by atoms with E-state index in [1.807, 2.05) is 115 Å². The second-order valence-electron chi connectivity index (χ2n) is 11.2. The van der Waals surface area contributed by atoms with Crippen LogP contribution in [-0.2, 0) is 19.8 Å². The number of hydrogen-bond donors (Lipinski definition) is 1. The van der Waals surface area contributed by atoms with E-state index in [0.717, 1.165) is 16.7 Å². The van der Waals surface area contributed by atoms with Crippen molar-refractivity contribution in [1.82, 2.24) is 0 Å². The molecule has 6 nitrogen and oxygen atoms in total. The number of carbonyl (C=O) groups is 1. The highest BCUT2D eigenvalue weighted by Crippen LogP contribution is 2.34. The Labute approximate surface area is 280 Å². The molecule has 1 unspecified atom stereocenters. The van der Waals surface area contributed by atoms with Gasteiger partial charge in [-0.1, -0.05) is 103 Å². The summed E-state index contributed by atoms with van der Waals surface area (Å²) in [6.07, 6.45) is -1.01. The lowest BCUT2D eigenvalue weighted by atomic mass is 10.00. The molecule has 6 aromatic carbocycles. The zero-order valence-electron chi connectivity index (χ0n) is 26.4. The van der Waals surface area contributed by atoms with Gasteiger partial charge < -0.3 is 24.1 Å². The van der Waals surface area contributed by atoms with Crippen LogP contribution >= 0.6 is 0 Å². The van der Waals surface area contributed by atoms with Crippen LogP contribution in [-0.4, -0.2) is 17.5 Å². The standard InChI is InChI=1S/C42H36O6/c43-40(34-16-20-36(21-17-34)45-27-31-10-4-1-5-11-31)30-48-41-26-38(47-29-33-14-8-3-9-15-33)24-25-39(41)42(44)35-18-22-37(23-19-35)46-28-32-12-6-2-7-13-32/h1-26,42,44H,27-30H2. The van der Waals surface area contributed by atoms with Crippen molar-refractivity contribution in [2.75, 3.05) is 6.61 Å².